The highest BCUT2D eigenvalue weighted by molar-refractivity contribution is 5.67. The number of nitrogens with one attached hydrogen (secondary N) is 1. The average Bonchev–Trinajstić information content (AvgIpc) is 2.39. The maximum Gasteiger partial charge on any atom is 0.138 e. The molecule has 0 aliphatic rings. The van der Waals surface area contributed by atoms with Crippen LogP contribution in [0.15, 0.2) is 36.7 Å². The highest BCUT2D eigenvalue weighted by Crippen LogP contribution is 2.27. The van der Waals surface area contributed by atoms with E-state index in [4.69, 9.17) is 4.74 Å². The minimum atomic E-state index is -0.235. The van der Waals surface area contributed by atoms with Gasteiger partial charge in [0.2, 0.25) is 0 Å². The van der Waals surface area contributed by atoms with Crippen LogP contribution in [0.25, 0.3) is 11.1 Å². The molecule has 0 bridgehead atoms. The van der Waals surface area contributed by atoms with Crippen LogP contribution >= 0.6 is 0 Å². The molecule has 0 amide bonds. The van der Waals surface area contributed by atoms with E-state index in [1.165, 1.54) is 6.07 Å². The van der Waals surface area contributed by atoms with Crippen molar-refractivity contribution >= 4 is 0 Å². The summed E-state index contributed by atoms with van der Waals surface area (Å²) in [5, 5.41) is 3.05. The molecular weight excluding hydrogens is 255 g/mol. The van der Waals surface area contributed by atoms with Gasteiger partial charge in [-0.1, -0.05) is 6.07 Å². The van der Waals surface area contributed by atoms with Gasteiger partial charge < -0.3 is 10.1 Å². The normalized spacial score (nSPS) is 10.8. The second kappa shape index (κ2) is 6.48. The Morgan fingerprint density at radius 3 is 2.75 bits per heavy atom. The number of ether oxygens (including phenoxy) is 1. The van der Waals surface area contributed by atoms with Gasteiger partial charge in [-0.25, -0.2) is 4.39 Å². The van der Waals surface area contributed by atoms with E-state index in [-0.39, 0.29) is 11.9 Å². The Balaban J connectivity index is 2.40. The molecule has 0 aliphatic carbocycles. The zero-order chi connectivity index (χ0) is 14.5. The van der Waals surface area contributed by atoms with Crippen LogP contribution in [0, 0.1) is 5.82 Å². The van der Waals surface area contributed by atoms with Crippen LogP contribution in [0.5, 0.6) is 5.75 Å². The molecule has 3 nitrogen and oxygen atoms in total. The maximum atomic E-state index is 13.4. The molecule has 0 saturated heterocycles. The lowest BCUT2D eigenvalue weighted by Gasteiger charge is -2.13. The molecule has 106 valence electrons. The molecule has 0 fully saturated rings. The molecule has 0 saturated carbocycles. The fourth-order valence-corrected chi connectivity index (χ4v) is 2.08. The fraction of sp³-hybridized carbons (Fsp3) is 0.312. The molecule has 1 heterocycles. The summed E-state index contributed by atoms with van der Waals surface area (Å²) in [5.41, 5.74) is 2.78. The van der Waals surface area contributed by atoms with E-state index in [1.807, 2.05) is 27.0 Å². The van der Waals surface area contributed by atoms with Crippen molar-refractivity contribution in [3.8, 4) is 16.9 Å². The predicted octanol–water partition coefficient (Wildman–Crippen LogP) is 3.39. The number of nitrogens with zero attached hydrogens (tertiary/aromatic N) is 1. The second-order valence-corrected chi connectivity index (χ2v) is 4.91. The minimum Gasteiger partial charge on any atom is -0.489 e. The topological polar surface area (TPSA) is 34.2 Å². The second-order valence-electron chi connectivity index (χ2n) is 4.91. The SMILES string of the molecule is CNCc1cc(F)ccc1-c1cncc(OC(C)C)c1. The number of benzene rings is 1. The number of halogens is 1. The van der Waals surface area contributed by atoms with E-state index in [1.54, 1.807) is 24.5 Å². The van der Waals surface area contributed by atoms with E-state index in [9.17, 15) is 4.39 Å². The van der Waals surface area contributed by atoms with Crippen LogP contribution in [0.2, 0.25) is 0 Å². The summed E-state index contributed by atoms with van der Waals surface area (Å²) in [6, 6.07) is 6.71. The molecule has 0 atom stereocenters. The van der Waals surface area contributed by atoms with Gasteiger partial charge in [-0.2, -0.15) is 0 Å². The highest BCUT2D eigenvalue weighted by Gasteiger charge is 2.08. The van der Waals surface area contributed by atoms with Crippen LogP contribution in [-0.4, -0.2) is 18.1 Å². The fourth-order valence-electron chi connectivity index (χ4n) is 2.08. The molecule has 2 rings (SSSR count). The number of hydrogen-bond donors (Lipinski definition) is 1. The highest BCUT2D eigenvalue weighted by atomic mass is 19.1. The van der Waals surface area contributed by atoms with Crippen molar-refractivity contribution in [2.75, 3.05) is 7.05 Å². The van der Waals surface area contributed by atoms with Crippen molar-refractivity contribution in [1.82, 2.24) is 10.3 Å². The van der Waals surface area contributed by atoms with Crippen molar-refractivity contribution in [2.45, 2.75) is 26.5 Å². The van der Waals surface area contributed by atoms with Crippen molar-refractivity contribution in [3.05, 3.63) is 48.0 Å². The molecule has 0 spiro atoms. The lowest BCUT2D eigenvalue weighted by molar-refractivity contribution is 0.241. The molecule has 4 heteroatoms. The molecule has 2 aromatic rings. The van der Waals surface area contributed by atoms with E-state index in [0.29, 0.717) is 6.54 Å². The number of pyridine rings is 1. The van der Waals surface area contributed by atoms with Gasteiger partial charge in [0.15, 0.2) is 0 Å². The van der Waals surface area contributed by atoms with Gasteiger partial charge in [0.05, 0.1) is 12.3 Å². The first-order valence-corrected chi connectivity index (χ1v) is 6.65. The Labute approximate surface area is 118 Å². The molecule has 1 N–H and O–H groups in total. The third-order valence-electron chi connectivity index (χ3n) is 2.83. The van der Waals surface area contributed by atoms with Gasteiger partial charge in [-0.15, -0.1) is 0 Å². The quantitative estimate of drug-likeness (QED) is 0.907. The molecule has 20 heavy (non-hydrogen) atoms. The third kappa shape index (κ3) is 3.54. The molecule has 0 radical (unpaired) electrons. The minimum absolute atomic E-state index is 0.0945. The van der Waals surface area contributed by atoms with Gasteiger partial charge in [0.1, 0.15) is 11.6 Å². The summed E-state index contributed by atoms with van der Waals surface area (Å²) in [6.07, 6.45) is 3.54. The van der Waals surface area contributed by atoms with Crippen molar-refractivity contribution < 1.29 is 9.13 Å². The molecule has 0 aliphatic heterocycles. The Morgan fingerprint density at radius 2 is 2.05 bits per heavy atom. The molecule has 1 aromatic carbocycles. The van der Waals surface area contributed by atoms with Crippen LogP contribution in [-0.2, 0) is 6.54 Å². The maximum absolute atomic E-state index is 13.4. The summed E-state index contributed by atoms with van der Waals surface area (Å²) >= 11 is 0. The molecule has 0 unspecified atom stereocenters. The first-order valence-electron chi connectivity index (χ1n) is 6.65. The van der Waals surface area contributed by atoms with Crippen molar-refractivity contribution in [1.29, 1.82) is 0 Å². The first kappa shape index (κ1) is 14.5. The van der Waals surface area contributed by atoms with Gasteiger partial charge in [0, 0.05) is 18.3 Å². The number of hydrogen-bond acceptors (Lipinski definition) is 3. The van der Waals surface area contributed by atoms with Crippen molar-refractivity contribution in [3.63, 3.8) is 0 Å². The molecular formula is C16H19FN2O. The zero-order valence-electron chi connectivity index (χ0n) is 12.0. The predicted molar refractivity (Wildman–Crippen MR) is 78.2 cm³/mol. The summed E-state index contributed by atoms with van der Waals surface area (Å²) in [4.78, 5) is 4.20. The number of aromatic nitrogens is 1. The Bertz CT molecular complexity index is 584. The van der Waals surface area contributed by atoms with Crippen molar-refractivity contribution in [2.24, 2.45) is 0 Å². The smallest absolute Gasteiger partial charge is 0.138 e. The standard InChI is InChI=1S/C16H19FN2O/c1-11(2)20-15-7-13(9-19-10-15)16-5-4-14(17)6-12(16)8-18-3/h4-7,9-11,18H,8H2,1-3H3. The monoisotopic (exact) mass is 274 g/mol. The first-order chi connectivity index (χ1) is 9.60. The molecule has 1 aromatic heterocycles. The van der Waals surface area contributed by atoms with Gasteiger partial charge in [-0.3, -0.25) is 4.98 Å². The Hall–Kier alpha value is -1.94. The van der Waals surface area contributed by atoms with Gasteiger partial charge in [0.25, 0.3) is 0 Å². The van der Waals surface area contributed by atoms with Crippen LogP contribution in [0.1, 0.15) is 19.4 Å². The van der Waals surface area contributed by atoms with Gasteiger partial charge in [-0.05, 0) is 50.2 Å². The number of rotatable bonds is 5. The Morgan fingerprint density at radius 1 is 1.25 bits per heavy atom. The summed E-state index contributed by atoms with van der Waals surface area (Å²) in [5.74, 6) is 0.485. The van der Waals surface area contributed by atoms with Crippen LogP contribution < -0.4 is 10.1 Å². The lowest BCUT2D eigenvalue weighted by Crippen LogP contribution is -2.07. The zero-order valence-corrected chi connectivity index (χ0v) is 12.0. The van der Waals surface area contributed by atoms with Crippen LogP contribution in [0.3, 0.4) is 0 Å². The largest absolute Gasteiger partial charge is 0.489 e. The van der Waals surface area contributed by atoms with E-state index < -0.39 is 0 Å². The lowest BCUT2D eigenvalue weighted by atomic mass is 10.0. The average molecular weight is 274 g/mol. The van der Waals surface area contributed by atoms with Crippen LogP contribution in [0.4, 0.5) is 4.39 Å². The summed E-state index contributed by atoms with van der Waals surface area (Å²) < 4.78 is 19.0. The van der Waals surface area contributed by atoms with E-state index in [2.05, 4.69) is 10.3 Å². The Kier molecular flexibility index (Phi) is 4.69. The summed E-state index contributed by atoms with van der Waals surface area (Å²) in [7, 11) is 1.84. The van der Waals surface area contributed by atoms with Gasteiger partial charge >= 0.3 is 0 Å². The third-order valence-corrected chi connectivity index (χ3v) is 2.83. The summed E-state index contributed by atoms with van der Waals surface area (Å²) in [6.45, 7) is 4.54. The van der Waals surface area contributed by atoms with E-state index >= 15 is 0 Å². The van der Waals surface area contributed by atoms with E-state index in [0.717, 1.165) is 22.4 Å².